The van der Waals surface area contributed by atoms with Gasteiger partial charge in [0.1, 0.15) is 29.0 Å². The molecule has 1 aromatic heterocycles. The summed E-state index contributed by atoms with van der Waals surface area (Å²) in [6.45, 7) is 7.40. The van der Waals surface area contributed by atoms with Gasteiger partial charge in [-0.3, -0.25) is 5.32 Å². The normalized spacial score (nSPS) is 23.2. The molecule has 12 nitrogen and oxygen atoms in total. The van der Waals surface area contributed by atoms with E-state index in [1.54, 1.807) is 12.1 Å². The van der Waals surface area contributed by atoms with Gasteiger partial charge in [-0.1, -0.05) is 44.2 Å². The quantitative estimate of drug-likeness (QED) is 0.0406. The molecule has 0 radical (unpaired) electrons. The Hall–Kier alpha value is -5.08. The number of aromatic amines is 1. The lowest BCUT2D eigenvalue weighted by Crippen LogP contribution is -2.56. The number of fused-ring (bicyclic) bond motifs is 8. The second-order valence-electron chi connectivity index (χ2n) is 18.3. The van der Waals surface area contributed by atoms with Crippen molar-refractivity contribution >= 4 is 17.0 Å². The maximum Gasteiger partial charge on any atom is 0.160 e. The summed E-state index contributed by atoms with van der Waals surface area (Å²) in [7, 11) is 3.39. The van der Waals surface area contributed by atoms with E-state index in [0.717, 1.165) is 66.9 Å². The van der Waals surface area contributed by atoms with E-state index < -0.39 is 17.3 Å². The fourth-order valence-corrected chi connectivity index (χ4v) is 10.8. The molecular formula is C50H60N4O8. The zero-order valence-corrected chi connectivity index (χ0v) is 36.3. The number of phenols is 2. The predicted molar refractivity (Wildman–Crippen MR) is 240 cm³/mol. The summed E-state index contributed by atoms with van der Waals surface area (Å²) >= 11 is 0. The van der Waals surface area contributed by atoms with Gasteiger partial charge < -0.3 is 55.0 Å². The maximum absolute atomic E-state index is 11.4. The Morgan fingerprint density at radius 2 is 1.79 bits per heavy atom. The molecule has 2 aliphatic heterocycles. The highest BCUT2D eigenvalue weighted by molar-refractivity contribution is 5.89. The van der Waals surface area contributed by atoms with Crippen LogP contribution in [-0.2, 0) is 24.0 Å². The number of rotatable bonds is 15. The average Bonchev–Trinajstić information content (AvgIpc) is 3.74. The Kier molecular flexibility index (Phi) is 11.5. The van der Waals surface area contributed by atoms with Crippen molar-refractivity contribution in [3.63, 3.8) is 0 Å². The summed E-state index contributed by atoms with van der Waals surface area (Å²) < 4.78 is 26.9. The van der Waals surface area contributed by atoms with Crippen LogP contribution in [0.3, 0.4) is 0 Å². The number of aromatic nitrogens is 1. The molecular weight excluding hydrogens is 785 g/mol. The lowest BCUT2D eigenvalue weighted by atomic mass is 9.64. The number of H-pyrrole nitrogens is 1. The third-order valence-electron chi connectivity index (χ3n) is 13.3. The molecule has 12 heteroatoms. The minimum atomic E-state index is -0.989. The molecule has 6 atom stereocenters. The van der Waals surface area contributed by atoms with E-state index in [2.05, 4.69) is 71.2 Å². The largest absolute Gasteiger partial charge is 0.507 e. The van der Waals surface area contributed by atoms with Gasteiger partial charge in [0.25, 0.3) is 0 Å². The van der Waals surface area contributed by atoms with Crippen LogP contribution in [0.4, 0.5) is 0 Å². The summed E-state index contributed by atoms with van der Waals surface area (Å²) in [4.78, 5) is 3.33. The smallest absolute Gasteiger partial charge is 0.160 e. The second-order valence-corrected chi connectivity index (χ2v) is 18.3. The maximum atomic E-state index is 11.4. The van der Waals surface area contributed by atoms with E-state index in [0.29, 0.717) is 63.5 Å². The molecule has 62 heavy (non-hydrogen) atoms. The van der Waals surface area contributed by atoms with Crippen molar-refractivity contribution in [2.24, 2.45) is 5.92 Å². The Balaban J connectivity index is 1.20. The molecule has 328 valence electrons. The third-order valence-corrected chi connectivity index (χ3v) is 13.3. The molecule has 4 aliphatic rings. The Labute approximate surface area is 363 Å². The van der Waals surface area contributed by atoms with E-state index in [-0.39, 0.29) is 42.8 Å². The monoisotopic (exact) mass is 844 g/mol. The van der Waals surface area contributed by atoms with E-state index in [1.165, 1.54) is 12.7 Å². The van der Waals surface area contributed by atoms with Crippen LogP contribution in [0.25, 0.3) is 28.1 Å². The zero-order chi connectivity index (χ0) is 43.3. The number of methoxy groups -OCH3 is 1. The topological polar surface area (TPSA) is 170 Å². The number of allylic oxidation sites excluding steroid dienone is 1. The van der Waals surface area contributed by atoms with Crippen LogP contribution in [0.1, 0.15) is 90.5 Å². The second kappa shape index (κ2) is 16.9. The van der Waals surface area contributed by atoms with Crippen molar-refractivity contribution in [1.82, 2.24) is 20.9 Å². The van der Waals surface area contributed by atoms with Crippen LogP contribution in [0.5, 0.6) is 28.7 Å². The van der Waals surface area contributed by atoms with Crippen molar-refractivity contribution in [1.29, 1.82) is 0 Å². The minimum absolute atomic E-state index is 0.0148. The summed E-state index contributed by atoms with van der Waals surface area (Å²) in [5, 5.41) is 55.1. The van der Waals surface area contributed by atoms with Crippen molar-refractivity contribution < 1.29 is 39.4 Å². The first kappa shape index (κ1) is 42.2. The zero-order valence-electron chi connectivity index (χ0n) is 36.3. The molecule has 0 saturated heterocycles. The van der Waals surface area contributed by atoms with Crippen molar-refractivity contribution in [2.75, 3.05) is 47.3 Å². The SMILES string of the molecule is CNCOC1(CNCNCC(C)(O)CC(C)C)Cc2c3c(c4c(c2OC1c1ccc(O)c(OC)c1)CCC(CO)O4)-c1ccc(O)c2c1C(C3)C(c1ccc3[nH]ccc3c1)C=C2. The van der Waals surface area contributed by atoms with Crippen LogP contribution in [-0.4, -0.2) is 90.0 Å². The lowest BCUT2D eigenvalue weighted by Gasteiger charge is -2.48. The van der Waals surface area contributed by atoms with E-state index in [4.69, 9.17) is 18.9 Å². The van der Waals surface area contributed by atoms with Crippen LogP contribution in [0.15, 0.2) is 66.9 Å². The summed E-state index contributed by atoms with van der Waals surface area (Å²) in [5.74, 6) is 2.42. The fraction of sp³-hybridized carbons (Fsp3) is 0.440. The van der Waals surface area contributed by atoms with Crippen LogP contribution < -0.4 is 30.2 Å². The first-order valence-corrected chi connectivity index (χ1v) is 22.0. The average molecular weight is 845 g/mol. The molecule has 0 saturated carbocycles. The van der Waals surface area contributed by atoms with Gasteiger partial charge in [-0.25, -0.2) is 0 Å². The van der Waals surface area contributed by atoms with Crippen LogP contribution >= 0.6 is 0 Å². The van der Waals surface area contributed by atoms with E-state index in [9.17, 15) is 20.4 Å². The van der Waals surface area contributed by atoms with Crippen LogP contribution in [0.2, 0.25) is 0 Å². The number of hydrogen-bond acceptors (Lipinski definition) is 11. The molecule has 0 fully saturated rings. The van der Waals surface area contributed by atoms with E-state index in [1.807, 2.05) is 38.4 Å². The molecule has 3 heterocycles. The van der Waals surface area contributed by atoms with Gasteiger partial charge >= 0.3 is 0 Å². The Bertz CT molecular complexity index is 2490. The van der Waals surface area contributed by atoms with Gasteiger partial charge in [0, 0.05) is 66.1 Å². The highest BCUT2D eigenvalue weighted by Gasteiger charge is 2.51. The molecule has 9 rings (SSSR count). The van der Waals surface area contributed by atoms with Gasteiger partial charge in [0.05, 0.1) is 26.0 Å². The summed E-state index contributed by atoms with van der Waals surface area (Å²) in [6, 6.07) is 17.8. The number of ether oxygens (including phenoxy) is 4. The number of phenolic OH excluding ortho intramolecular Hbond substituents is 2. The first-order valence-electron chi connectivity index (χ1n) is 22.0. The van der Waals surface area contributed by atoms with Crippen molar-refractivity contribution in [2.45, 2.75) is 88.1 Å². The Morgan fingerprint density at radius 1 is 0.968 bits per heavy atom. The van der Waals surface area contributed by atoms with Crippen molar-refractivity contribution in [3.8, 4) is 39.9 Å². The standard InChI is InChI=1S/C50H60N4O8/c1-28(2)21-49(3,58)24-52-26-53-25-50(60-27-51-4)22-39-38-20-37-33(29-6-13-40-30(18-29)16-17-54-40)10-11-34-41(56)15-12-35(44(34)37)45(38)47-36(9-8-32(23-55)61-47)46(39)62-48(50)31-7-14-42(57)43(19-31)59-5/h6-7,10-19,28,32-33,37,48,51-58H,8-9,20-27H2,1-5H3. The third kappa shape index (κ3) is 7.60. The highest BCUT2D eigenvalue weighted by Crippen LogP contribution is 2.60. The highest BCUT2D eigenvalue weighted by atomic mass is 16.6. The minimum Gasteiger partial charge on any atom is -0.507 e. The Morgan fingerprint density at radius 3 is 2.58 bits per heavy atom. The molecule has 8 N–H and O–H groups in total. The fourth-order valence-electron chi connectivity index (χ4n) is 10.8. The van der Waals surface area contributed by atoms with Gasteiger partial charge in [-0.15, -0.1) is 0 Å². The number of nitrogens with one attached hydrogen (secondary N) is 4. The molecule has 4 aromatic carbocycles. The summed E-state index contributed by atoms with van der Waals surface area (Å²) in [6.07, 6.45) is 8.27. The van der Waals surface area contributed by atoms with Crippen LogP contribution in [0, 0.1) is 5.92 Å². The molecule has 6 unspecified atom stereocenters. The van der Waals surface area contributed by atoms with Gasteiger partial charge in [0.15, 0.2) is 17.6 Å². The molecule has 0 bridgehead atoms. The number of hydrogen-bond donors (Lipinski definition) is 8. The van der Waals surface area contributed by atoms with Gasteiger partial charge in [0.2, 0.25) is 0 Å². The van der Waals surface area contributed by atoms with Gasteiger partial charge in [-0.2, -0.15) is 0 Å². The first-order chi connectivity index (χ1) is 29.9. The molecule has 0 spiro atoms. The number of aliphatic hydroxyl groups is 2. The predicted octanol–water partition coefficient (Wildman–Crippen LogP) is 6.93. The van der Waals surface area contributed by atoms with Crippen molar-refractivity contribution in [3.05, 3.63) is 106 Å². The molecule has 5 aromatic rings. The molecule has 0 amide bonds. The number of aromatic hydroxyl groups is 2. The van der Waals surface area contributed by atoms with Gasteiger partial charge in [-0.05, 0) is 121 Å². The number of aliphatic hydroxyl groups excluding tert-OH is 1. The summed E-state index contributed by atoms with van der Waals surface area (Å²) in [5.41, 5.74) is 8.22. The number of benzene rings is 4. The molecule has 2 aliphatic carbocycles. The van der Waals surface area contributed by atoms with E-state index >= 15 is 0 Å². The lowest BCUT2D eigenvalue weighted by molar-refractivity contribution is -0.129.